The fourth-order valence-electron chi connectivity index (χ4n) is 3.11. The molecule has 3 rings (SSSR count). The summed E-state index contributed by atoms with van der Waals surface area (Å²) in [7, 11) is -4.87. The minimum absolute atomic E-state index is 0.0361. The van der Waals surface area contributed by atoms with E-state index in [9.17, 15) is 22.8 Å². The van der Waals surface area contributed by atoms with Crippen LogP contribution in [0.5, 0.6) is 0 Å². The van der Waals surface area contributed by atoms with Crippen LogP contribution in [-0.2, 0) is 19.5 Å². The maximum absolute atomic E-state index is 12.6. The SMILES string of the molecule is NC(=O)N(NC(=O)[C@H]1CC[C@@H]2CN1C(=O)N2OS(=O)(=O)O)c1ccccc1. The summed E-state index contributed by atoms with van der Waals surface area (Å²) in [5.74, 6) is -0.668. The van der Waals surface area contributed by atoms with Crippen molar-refractivity contribution in [1.82, 2.24) is 15.4 Å². The van der Waals surface area contributed by atoms with Gasteiger partial charge in [-0.05, 0) is 25.0 Å². The first-order valence-corrected chi connectivity index (χ1v) is 9.26. The number of carbonyl (C=O) groups is 3. The number of hydrogen-bond acceptors (Lipinski definition) is 6. The molecule has 4 N–H and O–H groups in total. The second kappa shape index (κ2) is 7.02. The third-order valence-corrected chi connectivity index (χ3v) is 4.61. The van der Waals surface area contributed by atoms with Crippen molar-refractivity contribution in [2.75, 3.05) is 11.6 Å². The van der Waals surface area contributed by atoms with Gasteiger partial charge in [-0.3, -0.25) is 14.8 Å². The summed E-state index contributed by atoms with van der Waals surface area (Å²) >= 11 is 0. The number of benzene rings is 1. The van der Waals surface area contributed by atoms with E-state index in [1.807, 2.05) is 0 Å². The summed E-state index contributed by atoms with van der Waals surface area (Å²) in [5, 5.41) is 1.38. The highest BCUT2D eigenvalue weighted by molar-refractivity contribution is 7.80. The molecule has 0 radical (unpaired) electrons. The minimum Gasteiger partial charge on any atom is -0.350 e. The van der Waals surface area contributed by atoms with Gasteiger partial charge in [-0.2, -0.15) is 13.5 Å². The molecule has 0 unspecified atom stereocenters. The quantitative estimate of drug-likeness (QED) is 0.458. The Kier molecular flexibility index (Phi) is 4.91. The fourth-order valence-corrected chi connectivity index (χ4v) is 3.50. The molecule has 27 heavy (non-hydrogen) atoms. The number of piperidine rings is 1. The van der Waals surface area contributed by atoms with Gasteiger partial charge in [-0.25, -0.2) is 14.6 Å². The number of primary amides is 1. The van der Waals surface area contributed by atoms with E-state index in [1.165, 1.54) is 0 Å². The number of para-hydroxylation sites is 1. The zero-order valence-corrected chi connectivity index (χ0v) is 14.7. The Morgan fingerprint density at radius 3 is 2.52 bits per heavy atom. The number of carbonyl (C=O) groups excluding carboxylic acids is 3. The van der Waals surface area contributed by atoms with E-state index >= 15 is 0 Å². The van der Waals surface area contributed by atoms with Gasteiger partial charge in [-0.1, -0.05) is 18.2 Å². The average Bonchev–Trinajstić information content (AvgIpc) is 2.83. The first kappa shape index (κ1) is 18.9. The second-order valence-electron chi connectivity index (χ2n) is 6.00. The number of hydrazine groups is 1. The van der Waals surface area contributed by atoms with Gasteiger partial charge in [0.1, 0.15) is 6.04 Å². The number of hydroxylamine groups is 2. The molecule has 2 aliphatic rings. The molecule has 12 nitrogen and oxygen atoms in total. The Balaban J connectivity index is 1.74. The van der Waals surface area contributed by atoms with Crippen LogP contribution < -0.4 is 16.2 Å². The fraction of sp³-hybridized carbons (Fsp3) is 0.357. The topological polar surface area (TPSA) is 163 Å². The molecule has 0 spiro atoms. The maximum Gasteiger partial charge on any atom is 0.418 e. The molecule has 0 aromatic heterocycles. The summed E-state index contributed by atoms with van der Waals surface area (Å²) in [6.45, 7) is 0.0361. The molecule has 146 valence electrons. The van der Waals surface area contributed by atoms with Crippen LogP contribution in [0.15, 0.2) is 30.3 Å². The number of amides is 5. The molecule has 2 atom stereocenters. The van der Waals surface area contributed by atoms with Gasteiger partial charge in [0.05, 0.1) is 11.7 Å². The van der Waals surface area contributed by atoms with Crippen molar-refractivity contribution in [2.45, 2.75) is 24.9 Å². The van der Waals surface area contributed by atoms with Crippen molar-refractivity contribution in [3.63, 3.8) is 0 Å². The van der Waals surface area contributed by atoms with Gasteiger partial charge in [0.2, 0.25) is 0 Å². The molecule has 2 bridgehead atoms. The normalized spacial score (nSPS) is 21.9. The van der Waals surface area contributed by atoms with Crippen LogP contribution in [0.2, 0.25) is 0 Å². The van der Waals surface area contributed by atoms with Crippen molar-refractivity contribution in [2.24, 2.45) is 5.73 Å². The van der Waals surface area contributed by atoms with Crippen molar-refractivity contribution in [3.8, 4) is 0 Å². The molecule has 0 saturated carbocycles. The number of nitrogens with two attached hydrogens (primary N) is 1. The maximum atomic E-state index is 12.6. The van der Waals surface area contributed by atoms with Gasteiger partial charge in [0.15, 0.2) is 0 Å². The van der Waals surface area contributed by atoms with E-state index in [1.54, 1.807) is 30.3 Å². The highest BCUT2D eigenvalue weighted by Gasteiger charge is 2.49. The molecule has 5 amide bonds. The van der Waals surface area contributed by atoms with Crippen LogP contribution in [0, 0.1) is 0 Å². The van der Waals surface area contributed by atoms with Crippen molar-refractivity contribution in [3.05, 3.63) is 30.3 Å². The lowest BCUT2D eigenvalue weighted by molar-refractivity contribution is -0.126. The molecule has 0 aliphatic carbocycles. The molecule has 2 heterocycles. The summed E-state index contributed by atoms with van der Waals surface area (Å²) in [6, 6.07) is 4.76. The van der Waals surface area contributed by atoms with E-state index in [2.05, 4.69) is 9.71 Å². The Morgan fingerprint density at radius 1 is 1.26 bits per heavy atom. The molecular weight excluding hydrogens is 382 g/mol. The van der Waals surface area contributed by atoms with Crippen LogP contribution in [0.25, 0.3) is 0 Å². The number of nitrogens with zero attached hydrogens (tertiary/aromatic N) is 3. The molecule has 13 heteroatoms. The Labute approximate surface area is 154 Å². The largest absolute Gasteiger partial charge is 0.418 e. The Morgan fingerprint density at radius 2 is 1.93 bits per heavy atom. The summed E-state index contributed by atoms with van der Waals surface area (Å²) < 4.78 is 34.9. The molecular formula is C14H17N5O7S. The van der Waals surface area contributed by atoms with E-state index in [0.717, 1.165) is 9.91 Å². The van der Waals surface area contributed by atoms with Crippen molar-refractivity contribution < 1.29 is 31.6 Å². The van der Waals surface area contributed by atoms with Gasteiger partial charge in [0.25, 0.3) is 5.91 Å². The molecule has 2 saturated heterocycles. The zero-order chi connectivity index (χ0) is 19.8. The third kappa shape index (κ3) is 3.94. The summed E-state index contributed by atoms with van der Waals surface area (Å²) in [6.07, 6.45) is 0.465. The number of rotatable bonds is 4. The summed E-state index contributed by atoms with van der Waals surface area (Å²) in [4.78, 5) is 37.8. The predicted molar refractivity (Wildman–Crippen MR) is 90.0 cm³/mol. The predicted octanol–water partition coefficient (Wildman–Crippen LogP) is -0.394. The first-order valence-electron chi connectivity index (χ1n) is 7.89. The number of fused-ring (bicyclic) bond motifs is 2. The van der Waals surface area contributed by atoms with E-state index in [4.69, 9.17) is 10.3 Å². The van der Waals surface area contributed by atoms with Crippen LogP contribution in [0.4, 0.5) is 15.3 Å². The highest BCUT2D eigenvalue weighted by Crippen LogP contribution is 2.30. The van der Waals surface area contributed by atoms with Crippen molar-refractivity contribution >= 4 is 34.1 Å². The van der Waals surface area contributed by atoms with E-state index < -0.39 is 40.5 Å². The number of hydrogen-bond donors (Lipinski definition) is 3. The van der Waals surface area contributed by atoms with Crippen LogP contribution >= 0.6 is 0 Å². The van der Waals surface area contributed by atoms with Crippen LogP contribution in [0.1, 0.15) is 12.8 Å². The number of nitrogens with one attached hydrogen (secondary N) is 1. The average molecular weight is 399 g/mol. The Hall–Kier alpha value is -2.90. The van der Waals surface area contributed by atoms with Gasteiger partial charge in [-0.15, -0.1) is 4.28 Å². The zero-order valence-electron chi connectivity index (χ0n) is 13.9. The van der Waals surface area contributed by atoms with Gasteiger partial charge in [0, 0.05) is 6.54 Å². The molecule has 1 aromatic carbocycles. The summed E-state index contributed by atoms with van der Waals surface area (Å²) in [5.41, 5.74) is 8.01. The molecule has 1 aromatic rings. The standard InChI is InChI=1S/C14H17N5O7S/c15-13(21)18(9-4-2-1-3-5-9)16-12(20)11-7-6-10-8-17(11)14(22)19(10)26-27(23,24)25/h1-5,10-11H,6-8H2,(H2,15,21)(H,16,20)(H,23,24,25)/t10-,11-/m1/s1. The van der Waals surface area contributed by atoms with Crippen molar-refractivity contribution in [1.29, 1.82) is 0 Å². The number of anilines is 1. The molecule has 2 fully saturated rings. The molecule has 2 aliphatic heterocycles. The Bertz CT molecular complexity index is 862. The van der Waals surface area contributed by atoms with Crippen LogP contribution in [-0.4, -0.2) is 59.5 Å². The number of urea groups is 2. The van der Waals surface area contributed by atoms with E-state index in [-0.39, 0.29) is 19.4 Å². The lowest BCUT2D eigenvalue weighted by atomic mass is 10.0. The van der Waals surface area contributed by atoms with E-state index in [0.29, 0.717) is 10.8 Å². The lowest BCUT2D eigenvalue weighted by Gasteiger charge is -2.31. The lowest BCUT2D eigenvalue weighted by Crippen LogP contribution is -2.57. The highest BCUT2D eigenvalue weighted by atomic mass is 32.3. The monoisotopic (exact) mass is 399 g/mol. The van der Waals surface area contributed by atoms with Crippen LogP contribution in [0.3, 0.4) is 0 Å². The van der Waals surface area contributed by atoms with Gasteiger partial charge < -0.3 is 10.6 Å². The second-order valence-corrected chi connectivity index (χ2v) is 7.00. The first-order chi connectivity index (χ1) is 12.7. The smallest absolute Gasteiger partial charge is 0.350 e. The third-order valence-electron chi connectivity index (χ3n) is 4.26. The van der Waals surface area contributed by atoms with Gasteiger partial charge >= 0.3 is 22.5 Å². The minimum atomic E-state index is -4.87.